The van der Waals surface area contributed by atoms with Crippen molar-refractivity contribution in [3.8, 4) is 11.8 Å². The van der Waals surface area contributed by atoms with Crippen LogP contribution in [-0.4, -0.2) is 17.6 Å². The molecule has 1 aromatic carbocycles. The average Bonchev–Trinajstić information content (AvgIpc) is 2.30. The van der Waals surface area contributed by atoms with Crippen LogP contribution in [0.1, 0.15) is 12.0 Å². The van der Waals surface area contributed by atoms with Gasteiger partial charge in [-0.15, -0.1) is 0 Å². The molecule has 0 aliphatic rings. The zero-order valence-corrected chi connectivity index (χ0v) is 9.42. The maximum atomic E-state index is 10.6. The van der Waals surface area contributed by atoms with Crippen molar-refractivity contribution < 1.29 is 9.66 Å². The highest BCUT2D eigenvalue weighted by Crippen LogP contribution is 2.24. The smallest absolute Gasteiger partial charge is 0.273 e. The van der Waals surface area contributed by atoms with E-state index < -0.39 is 11.0 Å². The van der Waals surface area contributed by atoms with Crippen LogP contribution in [0.2, 0.25) is 0 Å². The van der Waals surface area contributed by atoms with E-state index in [0.717, 1.165) is 5.56 Å². The highest BCUT2D eigenvalue weighted by Gasteiger charge is 2.10. The molecule has 0 amide bonds. The number of nitro benzene ring substituents is 1. The Bertz CT molecular complexity index is 454. The van der Waals surface area contributed by atoms with E-state index in [9.17, 15) is 10.1 Å². The molecule has 0 bridgehead atoms. The van der Waals surface area contributed by atoms with Gasteiger partial charge in [0.05, 0.1) is 29.7 Å². The number of nitriles is 1. The number of nitro groups is 1. The molecule has 0 spiro atoms. The number of nitrogens with two attached hydrogens (primary N) is 1. The first-order chi connectivity index (χ1) is 8.04. The predicted octanol–water partition coefficient (Wildman–Crippen LogP) is 1.52. The molecule has 0 aliphatic heterocycles. The topological polar surface area (TPSA) is 102 Å². The molecule has 0 heterocycles. The fourth-order valence-corrected chi connectivity index (χ4v) is 1.22. The summed E-state index contributed by atoms with van der Waals surface area (Å²) < 4.78 is 5.36. The van der Waals surface area contributed by atoms with Crippen molar-refractivity contribution >= 4 is 5.69 Å². The van der Waals surface area contributed by atoms with Gasteiger partial charge in [-0.3, -0.25) is 10.1 Å². The highest BCUT2D eigenvalue weighted by molar-refractivity contribution is 5.43. The van der Waals surface area contributed by atoms with Gasteiger partial charge in [-0.05, 0) is 18.6 Å². The zero-order chi connectivity index (χ0) is 12.8. The lowest BCUT2D eigenvalue weighted by molar-refractivity contribution is -0.384. The minimum Gasteiger partial charge on any atom is -0.493 e. The molecular formula is C11H13N3O3. The third-order valence-electron chi connectivity index (χ3n) is 2.23. The summed E-state index contributed by atoms with van der Waals surface area (Å²) in [5.41, 5.74) is 6.19. The quantitative estimate of drug-likeness (QED) is 0.615. The maximum absolute atomic E-state index is 10.6. The SMILES string of the molecule is Cc1ccc([N+](=O)[O-])cc1OCCC(N)C#N. The molecule has 90 valence electrons. The van der Waals surface area contributed by atoms with Crippen molar-refractivity contribution in [2.45, 2.75) is 19.4 Å². The van der Waals surface area contributed by atoms with Gasteiger partial charge < -0.3 is 10.5 Å². The Hall–Kier alpha value is -2.13. The molecule has 17 heavy (non-hydrogen) atoms. The van der Waals surface area contributed by atoms with Crippen molar-refractivity contribution in [2.75, 3.05) is 6.61 Å². The summed E-state index contributed by atoms with van der Waals surface area (Å²) in [5, 5.41) is 19.1. The predicted molar refractivity (Wildman–Crippen MR) is 61.5 cm³/mol. The third kappa shape index (κ3) is 3.74. The first-order valence-electron chi connectivity index (χ1n) is 5.07. The lowest BCUT2D eigenvalue weighted by atomic mass is 10.2. The average molecular weight is 235 g/mol. The van der Waals surface area contributed by atoms with Gasteiger partial charge in [0.1, 0.15) is 5.75 Å². The summed E-state index contributed by atoms with van der Waals surface area (Å²) in [6.45, 7) is 2.06. The Morgan fingerprint density at radius 3 is 2.94 bits per heavy atom. The zero-order valence-electron chi connectivity index (χ0n) is 9.42. The Labute approximate surface area is 98.8 Å². The number of ether oxygens (including phenoxy) is 1. The molecule has 0 saturated carbocycles. The summed E-state index contributed by atoms with van der Waals surface area (Å²) in [4.78, 5) is 10.1. The van der Waals surface area contributed by atoms with Gasteiger partial charge >= 0.3 is 0 Å². The van der Waals surface area contributed by atoms with Gasteiger partial charge in [-0.25, -0.2) is 0 Å². The van der Waals surface area contributed by atoms with Crippen LogP contribution in [0.15, 0.2) is 18.2 Å². The van der Waals surface area contributed by atoms with Crippen LogP contribution in [0.25, 0.3) is 0 Å². The van der Waals surface area contributed by atoms with E-state index in [2.05, 4.69) is 0 Å². The summed E-state index contributed by atoms with van der Waals surface area (Å²) >= 11 is 0. The van der Waals surface area contributed by atoms with Crippen LogP contribution in [-0.2, 0) is 0 Å². The monoisotopic (exact) mass is 235 g/mol. The molecular weight excluding hydrogens is 222 g/mol. The molecule has 1 aromatic rings. The van der Waals surface area contributed by atoms with E-state index in [1.54, 1.807) is 13.0 Å². The maximum Gasteiger partial charge on any atom is 0.273 e. The van der Waals surface area contributed by atoms with Gasteiger partial charge in [-0.1, -0.05) is 0 Å². The van der Waals surface area contributed by atoms with E-state index in [1.165, 1.54) is 12.1 Å². The van der Waals surface area contributed by atoms with Crippen LogP contribution in [0.4, 0.5) is 5.69 Å². The summed E-state index contributed by atoms with van der Waals surface area (Å²) in [7, 11) is 0. The normalized spacial score (nSPS) is 11.6. The van der Waals surface area contributed by atoms with Crippen LogP contribution < -0.4 is 10.5 Å². The molecule has 6 heteroatoms. The molecule has 0 aliphatic carbocycles. The number of hydrogen-bond donors (Lipinski definition) is 1. The van der Waals surface area contributed by atoms with Crippen LogP contribution >= 0.6 is 0 Å². The van der Waals surface area contributed by atoms with Gasteiger partial charge in [0.15, 0.2) is 0 Å². The number of rotatable bonds is 5. The second-order valence-electron chi connectivity index (χ2n) is 3.58. The lowest BCUT2D eigenvalue weighted by Gasteiger charge is -2.09. The largest absolute Gasteiger partial charge is 0.493 e. The highest BCUT2D eigenvalue weighted by atomic mass is 16.6. The minimum atomic E-state index is -0.575. The summed E-state index contributed by atoms with van der Waals surface area (Å²) in [6.07, 6.45) is 0.388. The molecule has 1 unspecified atom stereocenters. The number of benzene rings is 1. The van der Waals surface area contributed by atoms with E-state index >= 15 is 0 Å². The van der Waals surface area contributed by atoms with E-state index in [-0.39, 0.29) is 12.3 Å². The Kier molecular flexibility index (Phi) is 4.43. The number of aryl methyl sites for hydroxylation is 1. The molecule has 1 atom stereocenters. The summed E-state index contributed by atoms with van der Waals surface area (Å²) in [5.74, 6) is 0.448. The molecule has 0 radical (unpaired) electrons. The van der Waals surface area contributed by atoms with Crippen molar-refractivity contribution in [1.82, 2.24) is 0 Å². The number of nitrogens with zero attached hydrogens (tertiary/aromatic N) is 2. The van der Waals surface area contributed by atoms with Gasteiger partial charge in [0.25, 0.3) is 5.69 Å². The number of non-ortho nitro benzene ring substituents is 1. The van der Waals surface area contributed by atoms with Crippen LogP contribution in [0.3, 0.4) is 0 Å². The van der Waals surface area contributed by atoms with E-state index in [4.69, 9.17) is 15.7 Å². The fraction of sp³-hybridized carbons (Fsp3) is 0.364. The Morgan fingerprint density at radius 2 is 2.35 bits per heavy atom. The molecule has 2 N–H and O–H groups in total. The van der Waals surface area contributed by atoms with Crippen molar-refractivity contribution in [3.05, 3.63) is 33.9 Å². The standard InChI is InChI=1S/C11H13N3O3/c1-8-2-3-10(14(15)16)6-11(8)17-5-4-9(13)7-12/h2-3,6,9H,4-5,13H2,1H3. The van der Waals surface area contributed by atoms with Gasteiger partial charge in [0.2, 0.25) is 0 Å². The first kappa shape index (κ1) is 12.9. The Morgan fingerprint density at radius 1 is 1.65 bits per heavy atom. The first-order valence-corrected chi connectivity index (χ1v) is 5.07. The molecule has 1 rings (SSSR count). The van der Waals surface area contributed by atoms with Crippen molar-refractivity contribution in [3.63, 3.8) is 0 Å². The minimum absolute atomic E-state index is 0.0184. The Balaban J connectivity index is 2.67. The van der Waals surface area contributed by atoms with Gasteiger partial charge in [-0.2, -0.15) is 5.26 Å². The molecule has 0 saturated heterocycles. The molecule has 6 nitrogen and oxygen atoms in total. The van der Waals surface area contributed by atoms with E-state index in [1.807, 2.05) is 6.07 Å². The van der Waals surface area contributed by atoms with Crippen molar-refractivity contribution in [2.24, 2.45) is 5.73 Å². The number of hydrogen-bond acceptors (Lipinski definition) is 5. The second kappa shape index (κ2) is 5.82. The second-order valence-corrected chi connectivity index (χ2v) is 3.58. The third-order valence-corrected chi connectivity index (χ3v) is 2.23. The van der Waals surface area contributed by atoms with Crippen LogP contribution in [0.5, 0.6) is 5.75 Å². The summed E-state index contributed by atoms with van der Waals surface area (Å²) in [6, 6.07) is 5.72. The van der Waals surface area contributed by atoms with Crippen molar-refractivity contribution in [1.29, 1.82) is 5.26 Å². The lowest BCUT2D eigenvalue weighted by Crippen LogP contribution is -2.20. The fourth-order valence-electron chi connectivity index (χ4n) is 1.22. The molecule has 0 fully saturated rings. The van der Waals surface area contributed by atoms with E-state index in [0.29, 0.717) is 12.2 Å². The van der Waals surface area contributed by atoms with Crippen LogP contribution in [0, 0.1) is 28.4 Å². The van der Waals surface area contributed by atoms with Gasteiger partial charge in [0, 0.05) is 12.5 Å². The molecule has 0 aromatic heterocycles.